The second-order valence-corrected chi connectivity index (χ2v) is 9.41. The van der Waals surface area contributed by atoms with Crippen molar-refractivity contribution in [3.05, 3.63) is 47.4 Å². The zero-order chi connectivity index (χ0) is 24.0. The van der Waals surface area contributed by atoms with Gasteiger partial charge in [0.15, 0.2) is 0 Å². The summed E-state index contributed by atoms with van der Waals surface area (Å²) in [6.07, 6.45) is 5.54. The highest BCUT2D eigenvalue weighted by Crippen LogP contribution is 2.36. The molecule has 0 radical (unpaired) electrons. The first-order valence-corrected chi connectivity index (χ1v) is 11.5. The van der Waals surface area contributed by atoms with Crippen molar-refractivity contribution in [1.29, 1.82) is 0 Å². The maximum Gasteiger partial charge on any atom is 0.340 e. The lowest BCUT2D eigenvalue weighted by atomic mass is 9.91. The summed E-state index contributed by atoms with van der Waals surface area (Å²) in [6.45, 7) is 6.11. The van der Waals surface area contributed by atoms with Gasteiger partial charge in [0.2, 0.25) is 5.88 Å². The number of cyclic esters (lactones) is 1. The first kappa shape index (κ1) is 22.5. The molecular weight excluding hydrogens is 434 g/mol. The maximum atomic E-state index is 12.2. The molecule has 34 heavy (non-hydrogen) atoms. The van der Waals surface area contributed by atoms with Crippen molar-refractivity contribution in [1.82, 2.24) is 15.0 Å². The van der Waals surface area contributed by atoms with Crippen LogP contribution in [0.25, 0.3) is 10.8 Å². The second kappa shape index (κ2) is 8.48. The predicted molar refractivity (Wildman–Crippen MR) is 127 cm³/mol. The number of esters is 1. The van der Waals surface area contributed by atoms with Gasteiger partial charge in [-0.2, -0.15) is 0 Å². The zero-order valence-electron chi connectivity index (χ0n) is 19.8. The number of hydrogen-bond donors (Lipinski definition) is 2. The molecule has 0 amide bonds. The lowest BCUT2D eigenvalue weighted by Crippen LogP contribution is -2.38. The number of nitrogens with one attached hydrogen (secondary N) is 1. The molecular formula is C25H29N5O4. The topological polar surface area (TPSA) is 121 Å². The Morgan fingerprint density at radius 2 is 1.97 bits per heavy atom. The minimum Gasteiger partial charge on any atom is -0.474 e. The molecule has 5 rings (SSSR count). The fourth-order valence-corrected chi connectivity index (χ4v) is 4.20. The predicted octanol–water partition coefficient (Wildman–Crippen LogP) is 3.79. The molecule has 9 heteroatoms. The van der Waals surface area contributed by atoms with Crippen molar-refractivity contribution >= 4 is 28.4 Å². The molecule has 1 fully saturated rings. The Morgan fingerprint density at radius 1 is 1.18 bits per heavy atom. The van der Waals surface area contributed by atoms with Gasteiger partial charge in [0.1, 0.15) is 23.8 Å². The highest BCUT2D eigenvalue weighted by molar-refractivity contribution is 5.93. The average Bonchev–Trinajstić information content (AvgIpc) is 3.61. The number of rotatable bonds is 7. The molecule has 3 aromatic heterocycles. The highest BCUT2D eigenvalue weighted by Gasteiger charge is 2.32. The van der Waals surface area contributed by atoms with Crippen LogP contribution in [0.3, 0.4) is 0 Å². The van der Waals surface area contributed by atoms with Gasteiger partial charge < -0.3 is 25.3 Å². The van der Waals surface area contributed by atoms with Crippen molar-refractivity contribution in [3.8, 4) is 5.88 Å². The van der Waals surface area contributed by atoms with Gasteiger partial charge in [-0.1, -0.05) is 6.92 Å². The zero-order valence-corrected chi connectivity index (χ0v) is 19.8. The van der Waals surface area contributed by atoms with E-state index in [1.807, 2.05) is 26.8 Å². The molecule has 0 saturated heterocycles. The third-order valence-corrected chi connectivity index (χ3v) is 6.43. The quantitative estimate of drug-likeness (QED) is 0.504. The van der Waals surface area contributed by atoms with Crippen LogP contribution in [0.1, 0.15) is 61.1 Å². The van der Waals surface area contributed by atoms with E-state index in [9.17, 15) is 4.79 Å². The van der Waals surface area contributed by atoms with E-state index in [0.29, 0.717) is 35.4 Å². The molecule has 4 heterocycles. The van der Waals surface area contributed by atoms with E-state index in [0.717, 1.165) is 29.2 Å². The molecule has 2 aliphatic rings. The van der Waals surface area contributed by atoms with E-state index < -0.39 is 5.54 Å². The molecule has 3 N–H and O–H groups in total. The first-order valence-electron chi connectivity index (χ1n) is 11.5. The van der Waals surface area contributed by atoms with Gasteiger partial charge in [0, 0.05) is 31.0 Å². The Bertz CT molecular complexity index is 1260. The van der Waals surface area contributed by atoms with E-state index >= 15 is 0 Å². The van der Waals surface area contributed by atoms with Crippen LogP contribution >= 0.6 is 0 Å². The van der Waals surface area contributed by atoms with E-state index in [1.165, 1.54) is 0 Å². The Kier molecular flexibility index (Phi) is 5.61. The number of hydrogen-bond acceptors (Lipinski definition) is 9. The summed E-state index contributed by atoms with van der Waals surface area (Å²) in [5.41, 5.74) is 7.89. The maximum absolute atomic E-state index is 12.2. The van der Waals surface area contributed by atoms with E-state index in [1.54, 1.807) is 31.6 Å². The number of anilines is 2. The fourth-order valence-electron chi connectivity index (χ4n) is 4.20. The number of nitrogens with two attached hydrogens (primary N) is 1. The molecule has 1 aliphatic heterocycles. The average molecular weight is 464 g/mol. The van der Waals surface area contributed by atoms with Crippen molar-refractivity contribution in [2.75, 3.05) is 19.0 Å². The summed E-state index contributed by atoms with van der Waals surface area (Å²) in [6, 6.07) is 5.42. The van der Waals surface area contributed by atoms with Gasteiger partial charge in [-0.05, 0) is 50.3 Å². The van der Waals surface area contributed by atoms with Crippen molar-refractivity contribution in [2.45, 2.75) is 57.3 Å². The molecule has 9 nitrogen and oxygen atoms in total. The van der Waals surface area contributed by atoms with Crippen LogP contribution in [-0.2, 0) is 15.0 Å². The minimum atomic E-state index is -0.757. The largest absolute Gasteiger partial charge is 0.474 e. The molecule has 3 atom stereocenters. The summed E-state index contributed by atoms with van der Waals surface area (Å²) >= 11 is 0. The standard InChI is InChI=1S/C25H29N5O4/c1-13-14(2)33-24(31)16-7-8-20(30-22(13)16)29-21-9-17-18(10-27-21)23(34-15-5-6-15)28-11-19(17)25(3,26)12-32-4/h7-11,13-15H,5-6,12,26H2,1-4H3,(H,27,29,30)/t13-,14+,25?/m1/s1. The number of pyridine rings is 3. The number of ether oxygens (including phenoxy) is 3. The van der Waals surface area contributed by atoms with Gasteiger partial charge in [0.25, 0.3) is 0 Å². The number of carbonyl (C=O) groups is 1. The molecule has 0 bridgehead atoms. The van der Waals surface area contributed by atoms with Crippen molar-refractivity contribution < 1.29 is 19.0 Å². The third-order valence-electron chi connectivity index (χ3n) is 6.43. The van der Waals surface area contributed by atoms with Crippen molar-refractivity contribution in [2.24, 2.45) is 5.73 Å². The number of carbonyl (C=O) groups excluding carboxylic acids is 1. The number of nitrogens with zero attached hydrogens (tertiary/aromatic N) is 3. The van der Waals surface area contributed by atoms with E-state index in [4.69, 9.17) is 24.9 Å². The number of fused-ring (bicyclic) bond motifs is 2. The second-order valence-electron chi connectivity index (χ2n) is 9.41. The molecule has 1 aliphatic carbocycles. The normalized spacial score (nSPS) is 21.5. The lowest BCUT2D eigenvalue weighted by Gasteiger charge is -2.27. The molecule has 1 saturated carbocycles. The van der Waals surface area contributed by atoms with Crippen LogP contribution in [0, 0.1) is 0 Å². The minimum absolute atomic E-state index is 0.00851. The smallest absolute Gasteiger partial charge is 0.340 e. The summed E-state index contributed by atoms with van der Waals surface area (Å²) < 4.78 is 16.8. The molecule has 0 aromatic carbocycles. The van der Waals surface area contributed by atoms with Crippen LogP contribution in [-0.4, -0.2) is 46.8 Å². The van der Waals surface area contributed by atoms with Crippen LogP contribution in [0.15, 0.2) is 30.6 Å². The molecule has 178 valence electrons. The summed E-state index contributed by atoms with van der Waals surface area (Å²) in [4.78, 5) is 26.1. The third kappa shape index (κ3) is 4.17. The summed E-state index contributed by atoms with van der Waals surface area (Å²) in [7, 11) is 1.62. The van der Waals surface area contributed by atoms with Gasteiger partial charge in [-0.3, -0.25) is 0 Å². The molecule has 0 spiro atoms. The van der Waals surface area contributed by atoms with E-state index in [2.05, 4.69) is 15.3 Å². The van der Waals surface area contributed by atoms with Crippen molar-refractivity contribution in [3.63, 3.8) is 0 Å². The Morgan fingerprint density at radius 3 is 2.71 bits per heavy atom. The first-order chi connectivity index (χ1) is 16.3. The Balaban J connectivity index is 1.54. The van der Waals surface area contributed by atoms with Gasteiger partial charge in [-0.25, -0.2) is 19.7 Å². The summed E-state index contributed by atoms with van der Waals surface area (Å²) in [5.74, 6) is 1.39. The van der Waals surface area contributed by atoms with E-state index in [-0.39, 0.29) is 24.1 Å². The molecule has 3 aromatic rings. The summed E-state index contributed by atoms with van der Waals surface area (Å²) in [5, 5.41) is 4.95. The van der Waals surface area contributed by atoms with Gasteiger partial charge in [-0.15, -0.1) is 0 Å². The molecule has 1 unspecified atom stereocenters. The van der Waals surface area contributed by atoms with Crippen LogP contribution in [0.5, 0.6) is 5.88 Å². The number of aromatic nitrogens is 3. The number of methoxy groups -OCH3 is 1. The van der Waals surface area contributed by atoms with Crippen LogP contribution < -0.4 is 15.8 Å². The SMILES string of the molecule is COCC(C)(N)c1cnc(OC2CC2)c2cnc(Nc3ccc4c(n3)[C@H](C)[C@H](C)OC4=O)cc12. The van der Waals surface area contributed by atoms with Gasteiger partial charge in [0.05, 0.1) is 28.8 Å². The Labute approximate surface area is 198 Å². The van der Waals surface area contributed by atoms with Gasteiger partial charge >= 0.3 is 5.97 Å². The van der Waals surface area contributed by atoms with Crippen LogP contribution in [0.4, 0.5) is 11.6 Å². The highest BCUT2D eigenvalue weighted by atomic mass is 16.5. The fraction of sp³-hybridized carbons (Fsp3) is 0.440. The monoisotopic (exact) mass is 463 g/mol. The lowest BCUT2D eigenvalue weighted by molar-refractivity contribution is 0.0235. The Hall–Kier alpha value is -3.30. The van der Waals surface area contributed by atoms with Crippen LogP contribution in [0.2, 0.25) is 0 Å².